The minimum atomic E-state index is -1.83. The van der Waals surface area contributed by atoms with Crippen LogP contribution in [0.25, 0.3) is 0 Å². The Bertz CT molecular complexity index is 1350. The summed E-state index contributed by atoms with van der Waals surface area (Å²) in [5.74, 6) is -3.66. The fourth-order valence-electron chi connectivity index (χ4n) is 12.2. The minimum absolute atomic E-state index is 0.0754. The van der Waals surface area contributed by atoms with E-state index in [-0.39, 0.29) is 25.0 Å². The monoisotopic (exact) mass is 631 g/mol. The molecule has 3 N–H and O–H groups in total. The molecule has 12 nitrogen and oxygen atoms in total. The molecule has 12 heteroatoms. The Balaban J connectivity index is 1.52. The second-order valence-electron chi connectivity index (χ2n) is 14.3. The van der Waals surface area contributed by atoms with Gasteiger partial charge in [0, 0.05) is 83.0 Å². The first-order chi connectivity index (χ1) is 21.4. The highest BCUT2D eigenvalue weighted by molar-refractivity contribution is 5.89. The number of carbonyl (C=O) groups is 2. The number of piperidine rings is 1. The Morgan fingerprint density at radius 1 is 1.00 bits per heavy atom. The maximum absolute atomic E-state index is 13.7. The number of benzene rings is 1. The van der Waals surface area contributed by atoms with Crippen molar-refractivity contribution >= 4 is 11.9 Å². The Hall–Kier alpha value is -2.16. The molecule has 1 spiro atoms. The van der Waals surface area contributed by atoms with Crippen LogP contribution in [0.5, 0.6) is 0 Å². The summed E-state index contributed by atoms with van der Waals surface area (Å²) in [7, 11) is 8.20. The number of rotatable bonds is 8. The number of hydrogen-bond acceptors (Lipinski definition) is 12. The number of likely N-dealkylation sites (tertiary alicyclic amines) is 1. The lowest BCUT2D eigenvalue weighted by atomic mass is 9.42. The third-order valence-corrected chi connectivity index (χ3v) is 12.9. The summed E-state index contributed by atoms with van der Waals surface area (Å²) in [5, 5.41) is 37.0. The molecule has 45 heavy (non-hydrogen) atoms. The Labute approximate surface area is 262 Å². The molecule has 0 radical (unpaired) electrons. The van der Waals surface area contributed by atoms with E-state index in [1.807, 2.05) is 7.05 Å². The Morgan fingerprint density at radius 2 is 1.71 bits per heavy atom. The van der Waals surface area contributed by atoms with E-state index < -0.39 is 88.3 Å². The van der Waals surface area contributed by atoms with E-state index in [0.717, 1.165) is 0 Å². The zero-order valence-electron chi connectivity index (χ0n) is 26.6. The lowest BCUT2D eigenvalue weighted by molar-refractivity contribution is -0.321. The number of ether oxygens (including phenoxy) is 6. The number of esters is 2. The summed E-state index contributed by atoms with van der Waals surface area (Å²) < 4.78 is 37.2. The Kier molecular flexibility index (Phi) is 7.28. The van der Waals surface area contributed by atoms with Gasteiger partial charge in [-0.15, -0.1) is 0 Å². The van der Waals surface area contributed by atoms with Gasteiger partial charge in [0.1, 0.15) is 23.9 Å². The summed E-state index contributed by atoms with van der Waals surface area (Å²) in [4.78, 5) is 29.1. The van der Waals surface area contributed by atoms with Crippen LogP contribution >= 0.6 is 0 Å². The zero-order chi connectivity index (χ0) is 32.3. The highest BCUT2D eigenvalue weighted by atomic mass is 16.6. The van der Waals surface area contributed by atoms with Crippen molar-refractivity contribution in [2.45, 2.75) is 73.6 Å². The van der Waals surface area contributed by atoms with Crippen LogP contribution in [0, 0.1) is 34.5 Å². The van der Waals surface area contributed by atoms with Crippen molar-refractivity contribution in [1.82, 2.24) is 4.90 Å². The standard InChI is InChI=1S/C33H45NO11/c1-16(35)45-33-21-18(13-31(39,28(43-6)26(33)37)27(21)44-29(38)17-10-8-7-9-11-17)32-20(41-4)12-19(36)30(15-40-3)14-34(2)25(32)22(33)23(42-5)24(30)32/h7-11,18-28,36-37,39H,12-15H2,1-6H3/t18-,19-,20+,21-,22?,23+,24-,25-,26+,27-,28+,30+,31-,32+,33-/m0/s1. The minimum Gasteiger partial charge on any atom is -0.455 e. The van der Waals surface area contributed by atoms with E-state index >= 15 is 0 Å². The largest absolute Gasteiger partial charge is 0.455 e. The van der Waals surface area contributed by atoms with E-state index in [9.17, 15) is 24.9 Å². The molecule has 7 rings (SSSR count). The average Bonchev–Trinajstić information content (AvgIpc) is 3.40. The van der Waals surface area contributed by atoms with Crippen LogP contribution in [0.3, 0.4) is 0 Å². The van der Waals surface area contributed by atoms with Gasteiger partial charge in [-0.2, -0.15) is 0 Å². The fourth-order valence-corrected chi connectivity index (χ4v) is 12.2. The van der Waals surface area contributed by atoms with Gasteiger partial charge in [0.15, 0.2) is 5.60 Å². The Morgan fingerprint density at radius 3 is 2.31 bits per heavy atom. The van der Waals surface area contributed by atoms with Crippen LogP contribution in [0.1, 0.15) is 30.1 Å². The van der Waals surface area contributed by atoms with E-state index in [0.29, 0.717) is 18.5 Å². The molecule has 15 atom stereocenters. The molecule has 6 aliphatic rings. The molecule has 0 amide bonds. The molecule has 7 bridgehead atoms. The zero-order valence-corrected chi connectivity index (χ0v) is 26.6. The maximum Gasteiger partial charge on any atom is 0.338 e. The van der Waals surface area contributed by atoms with Crippen LogP contribution in [0.15, 0.2) is 30.3 Å². The molecule has 1 aromatic rings. The van der Waals surface area contributed by atoms with Gasteiger partial charge in [-0.25, -0.2) is 4.79 Å². The number of methoxy groups -OCH3 is 4. The van der Waals surface area contributed by atoms with E-state index in [1.54, 1.807) is 51.7 Å². The third kappa shape index (κ3) is 3.55. The van der Waals surface area contributed by atoms with Crippen LogP contribution in [-0.2, 0) is 33.2 Å². The van der Waals surface area contributed by atoms with Gasteiger partial charge < -0.3 is 48.6 Å². The average molecular weight is 632 g/mol. The highest BCUT2D eigenvalue weighted by Gasteiger charge is 2.92. The molecule has 248 valence electrons. The summed E-state index contributed by atoms with van der Waals surface area (Å²) in [5.41, 5.74) is -4.79. The van der Waals surface area contributed by atoms with E-state index in [2.05, 4.69) is 4.90 Å². The van der Waals surface area contributed by atoms with Gasteiger partial charge in [-0.1, -0.05) is 18.2 Å². The van der Waals surface area contributed by atoms with Crippen molar-refractivity contribution in [2.75, 3.05) is 48.6 Å². The second-order valence-corrected chi connectivity index (χ2v) is 14.3. The van der Waals surface area contributed by atoms with Crippen molar-refractivity contribution in [3.8, 4) is 0 Å². The van der Waals surface area contributed by atoms with Gasteiger partial charge >= 0.3 is 11.9 Å². The summed E-state index contributed by atoms with van der Waals surface area (Å²) in [6.07, 6.45) is -5.50. The van der Waals surface area contributed by atoms with Gasteiger partial charge in [-0.05, 0) is 31.5 Å². The smallest absolute Gasteiger partial charge is 0.338 e. The molecule has 0 aromatic heterocycles. The van der Waals surface area contributed by atoms with Crippen LogP contribution < -0.4 is 0 Å². The number of nitrogens with zero attached hydrogens (tertiary/aromatic N) is 1. The number of hydrogen-bond donors (Lipinski definition) is 3. The van der Waals surface area contributed by atoms with Crippen molar-refractivity contribution in [1.29, 1.82) is 0 Å². The lowest BCUT2D eigenvalue weighted by Gasteiger charge is -2.70. The number of fused-ring (bicyclic) bond motifs is 2. The van der Waals surface area contributed by atoms with Gasteiger partial charge in [0.25, 0.3) is 0 Å². The van der Waals surface area contributed by atoms with Crippen LogP contribution in [0.2, 0.25) is 0 Å². The van der Waals surface area contributed by atoms with E-state index in [4.69, 9.17) is 28.4 Å². The molecule has 1 aliphatic heterocycles. The SMILES string of the molecule is COC[C@@]12CN(C)[C@H]3C4[C@@H](OC)[C@@H]1[C@]3([C@H](OC)C[C@@H]2O)[C@H]1C[C@@]2(O)[C@H](OC)[C@@H](O)[C@]4(OC(C)=O)[C@@H]1[C@@H]2OC(=O)c1ccccc1. The molecule has 1 heterocycles. The molecule has 6 fully saturated rings. The summed E-state index contributed by atoms with van der Waals surface area (Å²) >= 11 is 0. The van der Waals surface area contributed by atoms with Crippen LogP contribution in [-0.4, -0.2) is 135 Å². The maximum atomic E-state index is 13.7. The normalized spacial score (nSPS) is 50.7. The van der Waals surface area contributed by atoms with Gasteiger partial charge in [0.2, 0.25) is 0 Å². The predicted molar refractivity (Wildman–Crippen MR) is 156 cm³/mol. The van der Waals surface area contributed by atoms with Crippen molar-refractivity contribution in [3.05, 3.63) is 35.9 Å². The van der Waals surface area contributed by atoms with Gasteiger partial charge in [0.05, 0.1) is 30.5 Å². The topological polar surface area (TPSA) is 153 Å². The van der Waals surface area contributed by atoms with Crippen molar-refractivity contribution in [3.63, 3.8) is 0 Å². The predicted octanol–water partition coefficient (Wildman–Crippen LogP) is 0.258. The molecule has 1 aromatic carbocycles. The first-order valence-electron chi connectivity index (χ1n) is 15.8. The first kappa shape index (κ1) is 31.4. The quantitative estimate of drug-likeness (QED) is 0.337. The number of carbonyl (C=O) groups excluding carboxylic acids is 2. The van der Waals surface area contributed by atoms with Crippen molar-refractivity contribution < 1.29 is 53.3 Å². The van der Waals surface area contributed by atoms with E-state index in [1.165, 1.54) is 14.0 Å². The molecule has 1 unspecified atom stereocenters. The van der Waals surface area contributed by atoms with Crippen LogP contribution in [0.4, 0.5) is 0 Å². The molecule has 5 aliphatic carbocycles. The van der Waals surface area contributed by atoms with Gasteiger partial charge in [-0.3, -0.25) is 4.79 Å². The molecular weight excluding hydrogens is 586 g/mol. The molecular formula is C33H45NO11. The molecule has 5 saturated carbocycles. The highest BCUT2D eigenvalue weighted by Crippen LogP contribution is 2.80. The summed E-state index contributed by atoms with van der Waals surface area (Å²) in [6, 6.07) is 8.15. The number of aliphatic hydroxyl groups excluding tert-OH is 2. The molecule has 1 saturated heterocycles. The third-order valence-electron chi connectivity index (χ3n) is 12.9. The fraction of sp³-hybridized carbons (Fsp3) is 0.758. The first-order valence-corrected chi connectivity index (χ1v) is 15.8. The number of aliphatic hydroxyl groups is 3. The summed E-state index contributed by atoms with van der Waals surface area (Å²) in [6.45, 7) is 2.00. The lowest BCUT2D eigenvalue weighted by Crippen LogP contribution is -2.81. The second kappa shape index (κ2) is 10.4. The van der Waals surface area contributed by atoms with Crippen molar-refractivity contribution in [2.24, 2.45) is 34.5 Å².